The van der Waals surface area contributed by atoms with Crippen LogP contribution in [0, 0.1) is 0 Å². The summed E-state index contributed by atoms with van der Waals surface area (Å²) in [7, 11) is 1.92. The Bertz CT molecular complexity index is 672. The molecular formula is C19H23NO3S. The molecule has 0 spiro atoms. The molecule has 0 fully saturated rings. The van der Waals surface area contributed by atoms with Crippen molar-refractivity contribution in [1.82, 2.24) is 0 Å². The smallest absolute Gasteiger partial charge is 0.335 e. The number of anilines is 1. The SMILES string of the molecule is CCC(CC)Oc1cc(C(=O)O)cc(N(C)Sc2ccccc2)c1. The maximum absolute atomic E-state index is 11.4. The number of rotatable bonds is 8. The standard InChI is InChI=1S/C19H23NO3S/c1-4-16(5-2)23-17-12-14(19(21)22)11-15(13-17)20(3)24-18-9-7-6-8-10-18/h6-13,16H,4-5H2,1-3H3,(H,21,22). The lowest BCUT2D eigenvalue weighted by atomic mass is 10.1. The largest absolute Gasteiger partial charge is 0.490 e. The zero-order chi connectivity index (χ0) is 17.5. The Labute approximate surface area is 147 Å². The molecule has 0 aromatic heterocycles. The second-order valence-electron chi connectivity index (χ2n) is 5.48. The van der Waals surface area contributed by atoms with Gasteiger partial charge in [-0.3, -0.25) is 0 Å². The van der Waals surface area contributed by atoms with Gasteiger partial charge in [0.25, 0.3) is 0 Å². The summed E-state index contributed by atoms with van der Waals surface area (Å²) in [6.07, 6.45) is 1.86. The number of carbonyl (C=O) groups is 1. The van der Waals surface area contributed by atoms with Crippen molar-refractivity contribution in [2.24, 2.45) is 0 Å². The lowest BCUT2D eigenvalue weighted by Crippen LogP contribution is -2.15. The fourth-order valence-electron chi connectivity index (χ4n) is 2.30. The predicted molar refractivity (Wildman–Crippen MR) is 99.1 cm³/mol. The van der Waals surface area contributed by atoms with Crippen molar-refractivity contribution in [2.75, 3.05) is 11.4 Å². The van der Waals surface area contributed by atoms with E-state index in [0.29, 0.717) is 5.75 Å². The van der Waals surface area contributed by atoms with Crippen molar-refractivity contribution < 1.29 is 14.6 Å². The minimum Gasteiger partial charge on any atom is -0.490 e. The van der Waals surface area contributed by atoms with E-state index in [4.69, 9.17) is 4.74 Å². The Morgan fingerprint density at radius 3 is 2.42 bits per heavy atom. The van der Waals surface area contributed by atoms with Crippen LogP contribution in [0.1, 0.15) is 37.0 Å². The van der Waals surface area contributed by atoms with Crippen molar-refractivity contribution >= 4 is 23.6 Å². The molecule has 0 bridgehead atoms. The Kier molecular flexibility index (Phi) is 6.55. The number of ether oxygens (including phenoxy) is 1. The van der Waals surface area contributed by atoms with E-state index in [1.807, 2.05) is 47.8 Å². The van der Waals surface area contributed by atoms with E-state index in [9.17, 15) is 9.90 Å². The molecule has 128 valence electrons. The third-order valence-electron chi connectivity index (χ3n) is 3.70. The first-order valence-electron chi connectivity index (χ1n) is 8.05. The minimum absolute atomic E-state index is 0.0916. The van der Waals surface area contributed by atoms with Crippen LogP contribution in [0.25, 0.3) is 0 Å². The van der Waals surface area contributed by atoms with Crippen LogP contribution in [0.2, 0.25) is 0 Å². The molecule has 1 N–H and O–H groups in total. The van der Waals surface area contributed by atoms with Crippen LogP contribution in [0.5, 0.6) is 5.75 Å². The monoisotopic (exact) mass is 345 g/mol. The van der Waals surface area contributed by atoms with Crippen LogP contribution < -0.4 is 9.04 Å². The molecule has 0 saturated heterocycles. The lowest BCUT2D eigenvalue weighted by molar-refractivity contribution is 0.0696. The highest BCUT2D eigenvalue weighted by atomic mass is 32.2. The maximum atomic E-state index is 11.4. The zero-order valence-electron chi connectivity index (χ0n) is 14.2. The van der Waals surface area contributed by atoms with Gasteiger partial charge in [0, 0.05) is 18.0 Å². The second-order valence-corrected chi connectivity index (χ2v) is 6.68. The quantitative estimate of drug-likeness (QED) is 0.675. The number of nitrogens with zero attached hydrogens (tertiary/aromatic N) is 1. The van der Waals surface area contributed by atoms with Crippen LogP contribution in [-0.4, -0.2) is 24.2 Å². The molecule has 0 radical (unpaired) electrons. The van der Waals surface area contributed by atoms with Crippen LogP contribution in [-0.2, 0) is 0 Å². The van der Waals surface area contributed by atoms with Gasteiger partial charge in [-0.05, 0) is 49.1 Å². The molecule has 24 heavy (non-hydrogen) atoms. The van der Waals surface area contributed by atoms with Gasteiger partial charge in [0.2, 0.25) is 0 Å². The summed E-state index contributed by atoms with van der Waals surface area (Å²) in [6.45, 7) is 4.13. The summed E-state index contributed by atoms with van der Waals surface area (Å²) in [5.74, 6) is -0.358. The van der Waals surface area contributed by atoms with E-state index in [0.717, 1.165) is 23.4 Å². The second kappa shape index (κ2) is 8.64. The molecule has 0 aliphatic rings. The van der Waals surface area contributed by atoms with Crippen LogP contribution in [0.4, 0.5) is 5.69 Å². The summed E-state index contributed by atoms with van der Waals surface area (Å²) in [6, 6.07) is 15.1. The van der Waals surface area contributed by atoms with Gasteiger partial charge >= 0.3 is 5.97 Å². The summed E-state index contributed by atoms with van der Waals surface area (Å²) >= 11 is 1.54. The van der Waals surface area contributed by atoms with Gasteiger partial charge in [0.05, 0.1) is 17.4 Å². The van der Waals surface area contributed by atoms with E-state index in [1.165, 1.54) is 0 Å². The number of aromatic carboxylic acids is 1. The van der Waals surface area contributed by atoms with Gasteiger partial charge in [-0.15, -0.1) is 0 Å². The van der Waals surface area contributed by atoms with E-state index >= 15 is 0 Å². The third-order valence-corrected chi connectivity index (χ3v) is 4.67. The molecular weight excluding hydrogens is 322 g/mol. The van der Waals surface area contributed by atoms with Crippen molar-refractivity contribution in [2.45, 2.75) is 37.7 Å². The van der Waals surface area contributed by atoms with Gasteiger partial charge in [-0.2, -0.15) is 0 Å². The highest BCUT2D eigenvalue weighted by Crippen LogP contribution is 2.31. The molecule has 0 amide bonds. The van der Waals surface area contributed by atoms with Crippen molar-refractivity contribution in [3.8, 4) is 5.75 Å². The summed E-state index contributed by atoms with van der Waals surface area (Å²) < 4.78 is 7.89. The number of carboxylic acid groups (broad SMARTS) is 1. The molecule has 0 aliphatic carbocycles. The predicted octanol–water partition coefficient (Wildman–Crippen LogP) is 5.10. The normalized spacial score (nSPS) is 10.7. The first-order chi connectivity index (χ1) is 11.5. The molecule has 5 heteroatoms. The molecule has 2 aromatic rings. The summed E-state index contributed by atoms with van der Waals surface area (Å²) in [5, 5.41) is 9.37. The van der Waals surface area contributed by atoms with Gasteiger partial charge < -0.3 is 14.1 Å². The highest BCUT2D eigenvalue weighted by molar-refractivity contribution is 8.00. The Balaban J connectivity index is 2.27. The molecule has 0 aliphatic heterocycles. The molecule has 2 rings (SSSR count). The van der Waals surface area contributed by atoms with E-state index in [2.05, 4.69) is 13.8 Å². The van der Waals surface area contributed by atoms with Gasteiger partial charge in [0.15, 0.2) is 0 Å². The van der Waals surface area contributed by atoms with Crippen LogP contribution >= 0.6 is 11.9 Å². The molecule has 2 aromatic carbocycles. The maximum Gasteiger partial charge on any atom is 0.335 e. The third kappa shape index (κ3) is 4.93. The average Bonchev–Trinajstić information content (AvgIpc) is 2.60. The van der Waals surface area contributed by atoms with Crippen molar-refractivity contribution in [3.05, 3.63) is 54.1 Å². The molecule has 4 nitrogen and oxygen atoms in total. The van der Waals surface area contributed by atoms with E-state index < -0.39 is 5.97 Å². The number of benzene rings is 2. The van der Waals surface area contributed by atoms with E-state index in [-0.39, 0.29) is 11.7 Å². The van der Waals surface area contributed by atoms with Crippen LogP contribution in [0.15, 0.2) is 53.4 Å². The van der Waals surface area contributed by atoms with Gasteiger partial charge in [-0.25, -0.2) is 4.79 Å². The minimum atomic E-state index is -0.954. The van der Waals surface area contributed by atoms with Gasteiger partial charge in [-0.1, -0.05) is 32.0 Å². The van der Waals surface area contributed by atoms with Crippen molar-refractivity contribution in [3.63, 3.8) is 0 Å². The molecule has 0 saturated carbocycles. The Hall–Kier alpha value is -2.14. The Morgan fingerprint density at radius 2 is 1.83 bits per heavy atom. The topological polar surface area (TPSA) is 49.8 Å². The van der Waals surface area contributed by atoms with Crippen molar-refractivity contribution in [1.29, 1.82) is 0 Å². The van der Waals surface area contributed by atoms with Crippen LogP contribution in [0.3, 0.4) is 0 Å². The van der Waals surface area contributed by atoms with E-state index in [1.54, 1.807) is 24.1 Å². The number of hydrogen-bond donors (Lipinski definition) is 1. The Morgan fingerprint density at radius 1 is 1.17 bits per heavy atom. The highest BCUT2D eigenvalue weighted by Gasteiger charge is 2.14. The fraction of sp³-hybridized carbons (Fsp3) is 0.316. The number of carboxylic acids is 1. The fourth-order valence-corrected chi connectivity index (χ4v) is 3.10. The summed E-state index contributed by atoms with van der Waals surface area (Å²) in [4.78, 5) is 12.5. The number of hydrogen-bond acceptors (Lipinski definition) is 4. The first-order valence-corrected chi connectivity index (χ1v) is 8.82. The lowest BCUT2D eigenvalue weighted by Gasteiger charge is -2.21. The first kappa shape index (κ1) is 18.2. The average molecular weight is 345 g/mol. The summed E-state index contributed by atoms with van der Waals surface area (Å²) in [5.41, 5.74) is 1.03. The molecule has 0 heterocycles. The molecule has 0 unspecified atom stereocenters. The molecule has 0 atom stereocenters. The van der Waals surface area contributed by atoms with Gasteiger partial charge in [0.1, 0.15) is 5.75 Å². The zero-order valence-corrected chi connectivity index (χ0v) is 15.0.